The van der Waals surface area contributed by atoms with Gasteiger partial charge in [-0.15, -0.1) is 0 Å². The second-order valence-electron chi connectivity index (χ2n) is 0.530. The van der Waals surface area contributed by atoms with E-state index >= 15 is 0 Å². The van der Waals surface area contributed by atoms with E-state index in [1.54, 1.807) is 0 Å². The van der Waals surface area contributed by atoms with Crippen LogP contribution in [-0.4, -0.2) is 0 Å². The minimum atomic E-state index is 0. The van der Waals surface area contributed by atoms with Gasteiger partial charge in [0.1, 0.15) is 0 Å². The van der Waals surface area contributed by atoms with Crippen LogP contribution in [-0.2, 0) is 32.7 Å². The molecule has 0 spiro atoms. The molecule has 0 radical (unpaired) electrons. The van der Waals surface area contributed by atoms with Crippen LogP contribution in [0, 0.1) is 12.3 Å². The van der Waals surface area contributed by atoms with Crippen LogP contribution in [0.4, 0.5) is 0 Å². The average molecular weight is 142 g/mol. The van der Waals surface area contributed by atoms with Crippen molar-refractivity contribution >= 4 is 0 Å². The van der Waals surface area contributed by atoms with Crippen molar-refractivity contribution in [3.05, 3.63) is 6.42 Å². The Morgan fingerprint density at radius 2 is 2.00 bits per heavy atom. The largest absolute Gasteiger partial charge is 3.00 e. The topological polar surface area (TPSA) is 0 Å². The normalized spacial score (nSPS) is 4.00. The molecule has 0 nitrogen and oxygen atoms in total. The minimum Gasteiger partial charge on any atom is -0.694 e. The summed E-state index contributed by atoms with van der Waals surface area (Å²) in [5, 5.41) is 0. The summed E-state index contributed by atoms with van der Waals surface area (Å²) in [5.74, 6) is 2.18. The van der Waals surface area contributed by atoms with Gasteiger partial charge in [-0.3, -0.25) is 0 Å². The Balaban J connectivity index is 0. The second-order valence-corrected chi connectivity index (χ2v) is 0.530. The van der Waals surface area contributed by atoms with Gasteiger partial charge in [-0.1, -0.05) is 6.92 Å². The first-order chi connectivity index (χ1) is 1.91. The van der Waals surface area contributed by atoms with Crippen LogP contribution < -0.4 is 0 Å². The van der Waals surface area contributed by atoms with E-state index in [9.17, 15) is 0 Å². The molecule has 0 unspecified atom stereocenters. The van der Waals surface area contributed by atoms with E-state index in [1.165, 1.54) is 0 Å². The summed E-state index contributed by atoms with van der Waals surface area (Å²) in [7, 11) is 0. The fourth-order valence-electron chi connectivity index (χ4n) is 0. The Morgan fingerprint density at radius 3 is 2.00 bits per heavy atom. The van der Waals surface area contributed by atoms with E-state index < -0.39 is 0 Å². The molecular formula is C4H5Y+2. The van der Waals surface area contributed by atoms with Crippen LogP contribution in [0.3, 0.4) is 0 Å². The number of hydrogen-bond acceptors (Lipinski definition) is 0. The van der Waals surface area contributed by atoms with Gasteiger partial charge in [0.15, 0.2) is 0 Å². The summed E-state index contributed by atoms with van der Waals surface area (Å²) in [6.07, 6.45) is 6.94. The average Bonchev–Trinajstić information content (AvgIpc) is 1.37. The molecule has 0 saturated carbocycles. The monoisotopic (exact) mass is 142 g/mol. The molecule has 0 bridgehead atoms. The van der Waals surface area contributed by atoms with E-state index in [1.807, 2.05) is 6.92 Å². The zero-order valence-electron chi connectivity index (χ0n) is 3.28. The van der Waals surface area contributed by atoms with Crippen molar-refractivity contribution in [2.75, 3.05) is 0 Å². The molecule has 0 aromatic heterocycles. The third-order valence-electron chi connectivity index (χ3n) is 0.177. The molecule has 0 aromatic carbocycles. The number of hydrogen-bond donors (Lipinski definition) is 0. The fraction of sp³-hybridized carbons (Fsp3) is 0.500. The maximum Gasteiger partial charge on any atom is 3.00 e. The Morgan fingerprint density at radius 1 is 1.80 bits per heavy atom. The van der Waals surface area contributed by atoms with Crippen molar-refractivity contribution in [2.45, 2.75) is 13.3 Å². The van der Waals surface area contributed by atoms with E-state index in [4.69, 9.17) is 6.42 Å². The van der Waals surface area contributed by atoms with Crippen LogP contribution in [0.15, 0.2) is 0 Å². The molecular weight excluding hydrogens is 137 g/mol. The summed E-state index contributed by atoms with van der Waals surface area (Å²) in [6, 6.07) is 0. The molecule has 0 amide bonds. The first-order valence-electron chi connectivity index (χ1n) is 1.31. The Labute approximate surface area is 58.2 Å². The standard InChI is InChI=1S/C4H5.Y/c1-3-4-2;/h3H2,1H3;/q-1;+3. The van der Waals surface area contributed by atoms with Crippen molar-refractivity contribution in [1.29, 1.82) is 0 Å². The van der Waals surface area contributed by atoms with Gasteiger partial charge >= 0.3 is 32.7 Å². The van der Waals surface area contributed by atoms with Gasteiger partial charge in [-0.05, 0) is 6.42 Å². The maximum absolute atomic E-state index is 6.20. The van der Waals surface area contributed by atoms with Gasteiger partial charge in [0.25, 0.3) is 0 Å². The van der Waals surface area contributed by atoms with E-state index in [-0.39, 0.29) is 32.7 Å². The minimum absolute atomic E-state index is 0. The Hall–Kier alpha value is 0.664. The quantitative estimate of drug-likeness (QED) is 0.349. The van der Waals surface area contributed by atoms with E-state index in [0.717, 1.165) is 6.42 Å². The van der Waals surface area contributed by atoms with Crippen LogP contribution in [0.1, 0.15) is 13.3 Å². The second kappa shape index (κ2) is 8.82. The van der Waals surface area contributed by atoms with Crippen molar-refractivity contribution in [3.63, 3.8) is 0 Å². The van der Waals surface area contributed by atoms with Gasteiger partial charge in [0, 0.05) is 0 Å². The first kappa shape index (κ1) is 9.18. The summed E-state index contributed by atoms with van der Waals surface area (Å²) in [4.78, 5) is 0. The van der Waals surface area contributed by atoms with Crippen LogP contribution in [0.5, 0.6) is 0 Å². The molecule has 0 fully saturated rings. The van der Waals surface area contributed by atoms with Gasteiger partial charge in [-0.25, -0.2) is 0 Å². The summed E-state index contributed by atoms with van der Waals surface area (Å²) >= 11 is 0. The molecule has 0 N–H and O–H groups in total. The van der Waals surface area contributed by atoms with Gasteiger partial charge in [-0.2, -0.15) is 0 Å². The van der Waals surface area contributed by atoms with Crippen LogP contribution >= 0.6 is 0 Å². The Kier molecular flexibility index (Phi) is 16.2. The molecule has 0 aliphatic heterocycles. The molecule has 0 heterocycles. The maximum atomic E-state index is 6.20. The third kappa shape index (κ3) is 12.0. The fourth-order valence-corrected chi connectivity index (χ4v) is 0. The predicted molar refractivity (Wildman–Crippen MR) is 17.4 cm³/mol. The smallest absolute Gasteiger partial charge is 0.694 e. The summed E-state index contributed by atoms with van der Waals surface area (Å²) in [6.45, 7) is 1.88. The first-order valence-corrected chi connectivity index (χ1v) is 1.31. The van der Waals surface area contributed by atoms with Gasteiger partial charge in [0.2, 0.25) is 0 Å². The van der Waals surface area contributed by atoms with Gasteiger partial charge in [0.05, 0.1) is 0 Å². The molecule has 1 heteroatoms. The van der Waals surface area contributed by atoms with Crippen LogP contribution in [0.2, 0.25) is 0 Å². The van der Waals surface area contributed by atoms with Crippen LogP contribution in [0.25, 0.3) is 0 Å². The molecule has 0 aliphatic rings. The van der Waals surface area contributed by atoms with Crippen molar-refractivity contribution in [2.24, 2.45) is 0 Å². The molecule has 0 rings (SSSR count). The molecule has 0 aromatic rings. The molecule has 0 saturated heterocycles. The predicted octanol–water partition coefficient (Wildman–Crippen LogP) is 0.984. The van der Waals surface area contributed by atoms with Crippen molar-refractivity contribution in [3.8, 4) is 5.92 Å². The zero-order chi connectivity index (χ0) is 3.41. The Bertz CT molecular complexity index is 33.4. The number of rotatable bonds is 0. The third-order valence-corrected chi connectivity index (χ3v) is 0.177. The zero-order valence-corrected chi connectivity index (χ0v) is 6.12. The summed E-state index contributed by atoms with van der Waals surface area (Å²) < 4.78 is 0. The van der Waals surface area contributed by atoms with Gasteiger partial charge < -0.3 is 12.3 Å². The SMILES string of the molecule is [C-]#CCC.[Y+3]. The van der Waals surface area contributed by atoms with E-state index in [2.05, 4.69) is 5.92 Å². The van der Waals surface area contributed by atoms with Crippen molar-refractivity contribution in [1.82, 2.24) is 0 Å². The molecule has 0 atom stereocenters. The summed E-state index contributed by atoms with van der Waals surface area (Å²) in [5.41, 5.74) is 0. The van der Waals surface area contributed by atoms with E-state index in [0.29, 0.717) is 0 Å². The molecule has 0 aliphatic carbocycles. The molecule has 5 heavy (non-hydrogen) atoms. The molecule has 22 valence electrons. The van der Waals surface area contributed by atoms with Crippen molar-refractivity contribution < 1.29 is 32.7 Å².